The van der Waals surface area contributed by atoms with Crippen LogP contribution in [0.25, 0.3) is 0 Å². The van der Waals surface area contributed by atoms with Crippen LogP contribution in [0.2, 0.25) is 0 Å². The molecule has 0 unspecified atom stereocenters. The Hall–Kier alpha value is -1.20. The molecule has 0 spiro atoms. The molecule has 0 atom stereocenters. The molecule has 0 saturated carbocycles. The van der Waals surface area contributed by atoms with Crippen LogP contribution in [0.3, 0.4) is 0 Å². The number of nitrogens with zero attached hydrogens (tertiary/aromatic N) is 3. The van der Waals surface area contributed by atoms with Crippen molar-refractivity contribution in [2.24, 2.45) is 0 Å². The summed E-state index contributed by atoms with van der Waals surface area (Å²) in [6.45, 7) is 5.28. The summed E-state index contributed by atoms with van der Waals surface area (Å²) in [4.78, 5) is 10.5. The molecule has 0 aromatic carbocycles. The molecule has 1 N–H and O–H groups in total. The molecule has 0 saturated heterocycles. The van der Waals surface area contributed by atoms with Gasteiger partial charge >= 0.3 is 0 Å². The van der Waals surface area contributed by atoms with Gasteiger partial charge in [-0.3, -0.25) is 0 Å². The highest BCUT2D eigenvalue weighted by Crippen LogP contribution is 2.18. The average molecular weight is 239 g/mol. The highest BCUT2D eigenvalue weighted by molar-refractivity contribution is 5.24. The van der Waals surface area contributed by atoms with E-state index >= 15 is 0 Å². The molecule has 1 rings (SSSR count). The van der Waals surface area contributed by atoms with Crippen molar-refractivity contribution in [1.82, 2.24) is 14.9 Å². The van der Waals surface area contributed by atoms with E-state index < -0.39 is 0 Å². The maximum Gasteiger partial charge on any atom is 0.161 e. The topological polar surface area (TPSA) is 58.5 Å². The summed E-state index contributed by atoms with van der Waals surface area (Å²) in [6, 6.07) is 0. The molecule has 17 heavy (non-hydrogen) atoms. The third kappa shape index (κ3) is 4.28. The molecule has 1 aromatic rings. The van der Waals surface area contributed by atoms with Gasteiger partial charge in [0, 0.05) is 12.5 Å². The number of hydrogen-bond acceptors (Lipinski definition) is 5. The van der Waals surface area contributed by atoms with Crippen LogP contribution in [-0.2, 0) is 6.61 Å². The first-order valence-electron chi connectivity index (χ1n) is 5.78. The van der Waals surface area contributed by atoms with E-state index in [0.717, 1.165) is 12.4 Å². The van der Waals surface area contributed by atoms with Gasteiger partial charge in [0.1, 0.15) is 18.1 Å². The fraction of sp³-hybridized carbons (Fsp3) is 0.667. The smallest absolute Gasteiger partial charge is 0.161 e. The number of rotatable bonds is 6. The van der Waals surface area contributed by atoms with Crippen LogP contribution in [0.4, 0.5) is 0 Å². The second kappa shape index (κ2) is 6.51. The van der Waals surface area contributed by atoms with E-state index in [0.29, 0.717) is 18.1 Å². The lowest BCUT2D eigenvalue weighted by atomic mass is 10.2. The van der Waals surface area contributed by atoms with E-state index in [2.05, 4.69) is 9.97 Å². The monoisotopic (exact) mass is 239 g/mol. The van der Waals surface area contributed by atoms with Crippen molar-refractivity contribution in [2.45, 2.75) is 26.4 Å². The largest absolute Gasteiger partial charge is 0.489 e. The van der Waals surface area contributed by atoms with E-state index in [4.69, 9.17) is 4.74 Å². The minimum Gasteiger partial charge on any atom is -0.489 e. The van der Waals surface area contributed by atoms with Crippen LogP contribution in [-0.4, -0.2) is 47.2 Å². The first-order chi connectivity index (χ1) is 8.04. The number of aliphatic hydroxyl groups excluding tert-OH is 1. The van der Waals surface area contributed by atoms with Gasteiger partial charge < -0.3 is 14.7 Å². The molecule has 96 valence electrons. The highest BCUT2D eigenvalue weighted by atomic mass is 16.5. The van der Waals surface area contributed by atoms with E-state index in [-0.39, 0.29) is 12.5 Å². The Morgan fingerprint density at radius 3 is 2.65 bits per heavy atom. The lowest BCUT2D eigenvalue weighted by Gasteiger charge is -2.13. The van der Waals surface area contributed by atoms with Crippen molar-refractivity contribution in [2.75, 3.05) is 27.2 Å². The number of aliphatic hydroxyl groups is 1. The summed E-state index contributed by atoms with van der Waals surface area (Å²) in [7, 11) is 3.96. The first kappa shape index (κ1) is 13.9. The maximum atomic E-state index is 9.25. The van der Waals surface area contributed by atoms with Crippen molar-refractivity contribution in [3.8, 4) is 5.75 Å². The van der Waals surface area contributed by atoms with Crippen LogP contribution < -0.4 is 4.74 Å². The second-order valence-electron chi connectivity index (χ2n) is 4.50. The minimum absolute atomic E-state index is 0.125. The molecule has 0 aliphatic carbocycles. The van der Waals surface area contributed by atoms with Gasteiger partial charge in [-0.1, -0.05) is 13.8 Å². The van der Waals surface area contributed by atoms with Crippen LogP contribution in [0.5, 0.6) is 5.75 Å². The SMILES string of the molecule is CC(C)c1ncc(OCCN(C)C)c(CO)n1. The standard InChI is InChI=1S/C12H21N3O2/c1-9(2)12-13-7-11(10(8-16)14-12)17-6-5-15(3)4/h7,9,16H,5-6,8H2,1-4H3. The molecule has 0 aliphatic rings. The zero-order valence-corrected chi connectivity index (χ0v) is 11.0. The molecule has 5 nitrogen and oxygen atoms in total. The van der Waals surface area contributed by atoms with Crippen LogP contribution in [0, 0.1) is 0 Å². The zero-order valence-electron chi connectivity index (χ0n) is 11.0. The molecular weight excluding hydrogens is 218 g/mol. The summed E-state index contributed by atoms with van der Waals surface area (Å²) in [5, 5.41) is 9.25. The highest BCUT2D eigenvalue weighted by Gasteiger charge is 2.10. The predicted molar refractivity (Wildman–Crippen MR) is 66.1 cm³/mol. The third-order valence-electron chi connectivity index (χ3n) is 2.31. The molecule has 0 bridgehead atoms. The van der Waals surface area contributed by atoms with Crippen molar-refractivity contribution < 1.29 is 9.84 Å². The average Bonchev–Trinajstić information content (AvgIpc) is 2.28. The van der Waals surface area contributed by atoms with Crippen molar-refractivity contribution in [3.05, 3.63) is 17.7 Å². The normalized spacial score (nSPS) is 11.2. The van der Waals surface area contributed by atoms with Crippen LogP contribution in [0.15, 0.2) is 6.20 Å². The zero-order chi connectivity index (χ0) is 12.8. The Kier molecular flexibility index (Phi) is 5.31. The van der Waals surface area contributed by atoms with Gasteiger partial charge in [0.05, 0.1) is 12.8 Å². The van der Waals surface area contributed by atoms with Crippen molar-refractivity contribution >= 4 is 0 Å². The molecule has 0 radical (unpaired) electrons. The van der Waals surface area contributed by atoms with Gasteiger partial charge in [0.15, 0.2) is 5.75 Å². The predicted octanol–water partition coefficient (Wildman–Crippen LogP) is 1.03. The van der Waals surface area contributed by atoms with Crippen LogP contribution in [0.1, 0.15) is 31.3 Å². The third-order valence-corrected chi connectivity index (χ3v) is 2.31. The molecule has 5 heteroatoms. The van der Waals surface area contributed by atoms with Gasteiger partial charge in [0.25, 0.3) is 0 Å². The number of aromatic nitrogens is 2. The molecular formula is C12H21N3O2. The number of hydrogen-bond donors (Lipinski definition) is 1. The van der Waals surface area contributed by atoms with Crippen molar-refractivity contribution in [1.29, 1.82) is 0 Å². The van der Waals surface area contributed by atoms with Gasteiger partial charge in [-0.25, -0.2) is 9.97 Å². The van der Waals surface area contributed by atoms with E-state index in [1.807, 2.05) is 32.8 Å². The summed E-state index contributed by atoms with van der Waals surface area (Å²) in [5.74, 6) is 1.55. The Morgan fingerprint density at radius 2 is 2.12 bits per heavy atom. The Morgan fingerprint density at radius 1 is 1.41 bits per heavy atom. The summed E-state index contributed by atoms with van der Waals surface area (Å²) < 4.78 is 5.55. The van der Waals surface area contributed by atoms with Crippen molar-refractivity contribution in [3.63, 3.8) is 0 Å². The Bertz CT molecular complexity index is 354. The van der Waals surface area contributed by atoms with Crippen LogP contribution >= 0.6 is 0 Å². The Labute approximate surface area is 102 Å². The van der Waals surface area contributed by atoms with E-state index in [1.165, 1.54) is 0 Å². The lowest BCUT2D eigenvalue weighted by Crippen LogP contribution is -2.20. The quantitative estimate of drug-likeness (QED) is 0.803. The molecule has 0 fully saturated rings. The summed E-state index contributed by atoms with van der Waals surface area (Å²) in [5.41, 5.74) is 0.558. The Balaban J connectivity index is 2.71. The van der Waals surface area contributed by atoms with E-state index in [1.54, 1.807) is 6.20 Å². The molecule has 1 aromatic heterocycles. The van der Waals surface area contributed by atoms with E-state index in [9.17, 15) is 5.11 Å². The fourth-order valence-electron chi connectivity index (χ4n) is 1.27. The van der Waals surface area contributed by atoms with Gasteiger partial charge in [0.2, 0.25) is 0 Å². The number of ether oxygens (including phenoxy) is 1. The summed E-state index contributed by atoms with van der Waals surface area (Å²) in [6.07, 6.45) is 1.64. The van der Waals surface area contributed by atoms with Gasteiger partial charge in [-0.15, -0.1) is 0 Å². The molecule has 1 heterocycles. The number of likely N-dealkylation sites (N-methyl/N-ethyl adjacent to an activating group) is 1. The lowest BCUT2D eigenvalue weighted by molar-refractivity contribution is 0.237. The second-order valence-corrected chi connectivity index (χ2v) is 4.50. The van der Waals surface area contributed by atoms with Gasteiger partial charge in [-0.2, -0.15) is 0 Å². The first-order valence-corrected chi connectivity index (χ1v) is 5.78. The maximum absolute atomic E-state index is 9.25. The molecule has 0 amide bonds. The molecule has 0 aliphatic heterocycles. The summed E-state index contributed by atoms with van der Waals surface area (Å²) >= 11 is 0. The fourth-order valence-corrected chi connectivity index (χ4v) is 1.27. The van der Waals surface area contributed by atoms with Gasteiger partial charge in [-0.05, 0) is 14.1 Å². The minimum atomic E-state index is -0.125.